The number of carbonyl (C=O) groups is 2. The number of carbonyl (C=O) groups excluding carboxylic acids is 2. The van der Waals surface area contributed by atoms with Gasteiger partial charge in [0.15, 0.2) is 18.5 Å². The third kappa shape index (κ3) is 9.41. The Balaban J connectivity index is 1.90. The Hall–Kier alpha value is -2.78. The molecule has 1 heterocycles. The number of ether oxygens (including phenoxy) is 6. The summed E-state index contributed by atoms with van der Waals surface area (Å²) in [5.41, 5.74) is 1.13. The van der Waals surface area contributed by atoms with E-state index >= 15 is 0 Å². The molecule has 0 bridgehead atoms. The summed E-state index contributed by atoms with van der Waals surface area (Å²) < 4.78 is 36.3. The van der Waals surface area contributed by atoms with Crippen LogP contribution in [0.4, 0.5) is 0 Å². The molecular weight excluding hydrogens is 512 g/mol. The zero-order chi connectivity index (χ0) is 29.1. The fraction of sp³-hybridized carbons (Fsp3) is 0.562. The second kappa shape index (κ2) is 15.3. The molecule has 0 spiro atoms. The van der Waals surface area contributed by atoms with Gasteiger partial charge in [-0.3, -0.25) is 9.59 Å². The molecule has 0 saturated carbocycles. The Kier molecular flexibility index (Phi) is 12.1. The van der Waals surface area contributed by atoms with Gasteiger partial charge in [-0.25, -0.2) is 0 Å². The zero-order valence-corrected chi connectivity index (χ0v) is 24.5. The molecule has 0 radical (unpaired) electrons. The number of hydrogen-bond donors (Lipinski definition) is 0. The van der Waals surface area contributed by atoms with E-state index in [2.05, 4.69) is 0 Å². The molecule has 1 aliphatic heterocycles. The molecule has 0 aromatic heterocycles. The van der Waals surface area contributed by atoms with Crippen molar-refractivity contribution >= 4 is 11.9 Å². The second-order valence-corrected chi connectivity index (χ2v) is 11.3. The number of esters is 2. The lowest BCUT2D eigenvalue weighted by Gasteiger charge is -2.45. The quantitative estimate of drug-likeness (QED) is 0.300. The van der Waals surface area contributed by atoms with Crippen LogP contribution < -0.4 is 0 Å². The van der Waals surface area contributed by atoms with Crippen molar-refractivity contribution < 1.29 is 38.0 Å². The van der Waals surface area contributed by atoms with E-state index in [4.69, 9.17) is 28.4 Å². The van der Waals surface area contributed by atoms with Gasteiger partial charge < -0.3 is 28.4 Å². The fourth-order valence-corrected chi connectivity index (χ4v) is 4.22. The van der Waals surface area contributed by atoms with E-state index in [-0.39, 0.29) is 25.6 Å². The largest absolute Gasteiger partial charge is 0.455 e. The van der Waals surface area contributed by atoms with Gasteiger partial charge in [-0.2, -0.15) is 0 Å². The molecule has 220 valence electrons. The highest BCUT2D eigenvalue weighted by atomic mass is 16.7. The van der Waals surface area contributed by atoms with Crippen LogP contribution in [0.3, 0.4) is 0 Å². The first-order valence-corrected chi connectivity index (χ1v) is 14.0. The molecule has 1 fully saturated rings. The van der Waals surface area contributed by atoms with Crippen LogP contribution >= 0.6 is 0 Å². The van der Waals surface area contributed by atoms with Gasteiger partial charge in [0.25, 0.3) is 0 Å². The van der Waals surface area contributed by atoms with Crippen molar-refractivity contribution in [3.05, 3.63) is 71.8 Å². The highest BCUT2D eigenvalue weighted by molar-refractivity contribution is 5.75. The predicted octanol–water partition coefficient (Wildman–Crippen LogP) is 5.47. The number of benzene rings is 2. The summed E-state index contributed by atoms with van der Waals surface area (Å²) in [5.74, 6) is -0.713. The molecule has 0 aliphatic carbocycles. The van der Waals surface area contributed by atoms with Gasteiger partial charge in [-0.15, -0.1) is 0 Å². The summed E-state index contributed by atoms with van der Waals surface area (Å²) in [5, 5.41) is 0. The van der Waals surface area contributed by atoms with E-state index in [9.17, 15) is 9.59 Å². The molecule has 40 heavy (non-hydrogen) atoms. The van der Waals surface area contributed by atoms with Crippen molar-refractivity contribution in [1.29, 1.82) is 0 Å². The van der Waals surface area contributed by atoms with E-state index < -0.39 is 48.1 Å². The third-order valence-electron chi connectivity index (χ3n) is 6.84. The number of rotatable bonds is 13. The Morgan fingerprint density at radius 3 is 2.02 bits per heavy atom. The van der Waals surface area contributed by atoms with Crippen LogP contribution in [0.1, 0.15) is 58.6 Å². The smallest absolute Gasteiger partial charge is 0.311 e. The van der Waals surface area contributed by atoms with Crippen molar-refractivity contribution in [2.45, 2.75) is 91.4 Å². The summed E-state index contributed by atoms with van der Waals surface area (Å²) in [6, 6.07) is 19.4. The predicted molar refractivity (Wildman–Crippen MR) is 150 cm³/mol. The molecule has 8 heteroatoms. The van der Waals surface area contributed by atoms with Gasteiger partial charge in [0.05, 0.1) is 25.2 Å². The molecule has 0 amide bonds. The van der Waals surface area contributed by atoms with Gasteiger partial charge >= 0.3 is 11.9 Å². The van der Waals surface area contributed by atoms with Crippen LogP contribution in [0.5, 0.6) is 0 Å². The van der Waals surface area contributed by atoms with Gasteiger partial charge in [0.2, 0.25) is 0 Å². The van der Waals surface area contributed by atoms with E-state index in [0.29, 0.717) is 6.61 Å². The lowest BCUT2D eigenvalue weighted by molar-refractivity contribution is -0.312. The van der Waals surface area contributed by atoms with Crippen molar-refractivity contribution in [1.82, 2.24) is 0 Å². The second-order valence-electron chi connectivity index (χ2n) is 11.3. The molecule has 1 saturated heterocycles. The van der Waals surface area contributed by atoms with Gasteiger partial charge in [-0.05, 0) is 37.8 Å². The van der Waals surface area contributed by atoms with Crippen molar-refractivity contribution in [2.24, 2.45) is 11.3 Å². The van der Waals surface area contributed by atoms with E-state index in [1.807, 2.05) is 74.5 Å². The van der Waals surface area contributed by atoms with Crippen molar-refractivity contribution in [3.63, 3.8) is 0 Å². The van der Waals surface area contributed by atoms with Gasteiger partial charge in [0, 0.05) is 13.5 Å². The first-order valence-electron chi connectivity index (χ1n) is 14.0. The molecule has 1 aliphatic rings. The maximum absolute atomic E-state index is 13.1. The van der Waals surface area contributed by atoms with Crippen LogP contribution in [-0.2, 0) is 51.2 Å². The van der Waals surface area contributed by atoms with Gasteiger partial charge in [0.1, 0.15) is 12.2 Å². The Morgan fingerprint density at radius 1 is 0.875 bits per heavy atom. The average Bonchev–Trinajstić information content (AvgIpc) is 2.94. The minimum atomic E-state index is -0.976. The molecule has 6 atom stereocenters. The zero-order valence-electron chi connectivity index (χ0n) is 24.5. The summed E-state index contributed by atoms with van der Waals surface area (Å²) in [6.45, 7) is 9.97. The van der Waals surface area contributed by atoms with Gasteiger partial charge in [-0.1, -0.05) is 80.9 Å². The fourth-order valence-electron chi connectivity index (χ4n) is 4.22. The Morgan fingerprint density at radius 2 is 1.48 bits per heavy atom. The topological polar surface area (TPSA) is 89.5 Å². The van der Waals surface area contributed by atoms with Crippen LogP contribution in [-0.4, -0.2) is 56.4 Å². The van der Waals surface area contributed by atoms with E-state index in [0.717, 1.165) is 17.5 Å². The first-order chi connectivity index (χ1) is 19.1. The highest BCUT2D eigenvalue weighted by Gasteiger charge is 2.52. The van der Waals surface area contributed by atoms with Crippen molar-refractivity contribution in [3.8, 4) is 0 Å². The average molecular weight is 557 g/mol. The molecule has 2 aromatic rings. The molecule has 0 unspecified atom stereocenters. The van der Waals surface area contributed by atoms with Crippen LogP contribution in [0.2, 0.25) is 0 Å². The normalized spacial score (nSPS) is 23.8. The summed E-state index contributed by atoms with van der Waals surface area (Å²) in [6.07, 6.45) is -3.40. The number of methoxy groups -OCH3 is 1. The minimum absolute atomic E-state index is 0.0850. The highest BCUT2D eigenvalue weighted by Crippen LogP contribution is 2.32. The van der Waals surface area contributed by atoms with Crippen LogP contribution in [0.15, 0.2) is 60.7 Å². The van der Waals surface area contributed by atoms with E-state index in [1.165, 1.54) is 7.11 Å². The summed E-state index contributed by atoms with van der Waals surface area (Å²) in [4.78, 5) is 26.2. The standard InChI is InChI=1S/C32H44O8/c1-7-22(2)18-26(33)39-28-27(40-31(34)32(3,4)5)25(21-36-19-23-14-10-8-11-15-23)38-30(35-6)29(28)37-20-24-16-12-9-13-17-24/h8-17,22,25,27-30H,7,18-21H2,1-6H3/t22-,25-,27+,28+,29-,30+/m1/s1. The summed E-state index contributed by atoms with van der Waals surface area (Å²) >= 11 is 0. The maximum Gasteiger partial charge on any atom is 0.311 e. The maximum atomic E-state index is 13.1. The Bertz CT molecular complexity index is 1040. The molecule has 2 aromatic carbocycles. The third-order valence-corrected chi connectivity index (χ3v) is 6.84. The lowest BCUT2D eigenvalue weighted by Crippen LogP contribution is -2.62. The van der Waals surface area contributed by atoms with E-state index in [1.54, 1.807) is 20.8 Å². The molecular formula is C32H44O8. The summed E-state index contributed by atoms with van der Waals surface area (Å²) in [7, 11) is 1.50. The Labute approximate surface area is 238 Å². The van der Waals surface area contributed by atoms with Crippen molar-refractivity contribution in [2.75, 3.05) is 13.7 Å². The number of hydrogen-bond acceptors (Lipinski definition) is 8. The molecule has 0 N–H and O–H groups in total. The lowest BCUT2D eigenvalue weighted by atomic mass is 9.95. The molecule has 8 nitrogen and oxygen atoms in total. The molecule has 3 rings (SSSR count). The first kappa shape index (κ1) is 31.7. The SMILES string of the molecule is CC[C@@H](C)CC(=O)O[C@H]1[C@@H](OC(=O)C(C)(C)C)[C@@H](COCc2ccccc2)O[C@H](OC)[C@@H]1OCc1ccccc1. The monoisotopic (exact) mass is 556 g/mol. The minimum Gasteiger partial charge on any atom is -0.455 e. The van der Waals surface area contributed by atoms with Crippen LogP contribution in [0.25, 0.3) is 0 Å². The van der Waals surface area contributed by atoms with Crippen LogP contribution in [0, 0.1) is 11.3 Å².